The van der Waals surface area contributed by atoms with Crippen LogP contribution in [0.1, 0.15) is 10.9 Å². The fraction of sp³-hybridized carbons (Fsp3) is 0.467. The van der Waals surface area contributed by atoms with E-state index in [9.17, 15) is 4.79 Å². The number of halogens is 1. The predicted octanol–water partition coefficient (Wildman–Crippen LogP) is 2.25. The number of ether oxygens (including phenoxy) is 1. The molecule has 1 aromatic carbocycles. The van der Waals surface area contributed by atoms with Crippen LogP contribution in [0.3, 0.4) is 0 Å². The number of benzene rings is 1. The third-order valence-corrected chi connectivity index (χ3v) is 6.08. The quantitative estimate of drug-likeness (QED) is 0.879. The zero-order valence-corrected chi connectivity index (χ0v) is 15.0. The fourth-order valence-corrected chi connectivity index (χ4v) is 4.99. The van der Waals surface area contributed by atoms with Gasteiger partial charge in [0.1, 0.15) is 11.8 Å². The van der Waals surface area contributed by atoms with Gasteiger partial charge in [-0.2, -0.15) is 5.26 Å². The Balaban J connectivity index is 0.00000192. The Labute approximate surface area is 150 Å². The SMILES string of the molecule is COc1ccccc1C1N[C@H](C(=O)N2CSC[C@H]2C#N)CS1.Cl. The number of methoxy groups -OCH3 is 1. The van der Waals surface area contributed by atoms with Gasteiger partial charge >= 0.3 is 0 Å². The lowest BCUT2D eigenvalue weighted by molar-refractivity contribution is -0.132. The molecule has 1 aromatic rings. The van der Waals surface area contributed by atoms with Gasteiger partial charge in [-0.15, -0.1) is 35.9 Å². The number of amides is 1. The van der Waals surface area contributed by atoms with Crippen LogP contribution in [0.5, 0.6) is 5.75 Å². The van der Waals surface area contributed by atoms with Gasteiger partial charge in [-0.25, -0.2) is 0 Å². The van der Waals surface area contributed by atoms with Gasteiger partial charge in [0.25, 0.3) is 0 Å². The van der Waals surface area contributed by atoms with Crippen LogP contribution in [0.15, 0.2) is 24.3 Å². The molecule has 2 aliphatic rings. The van der Waals surface area contributed by atoms with E-state index in [1.807, 2.05) is 24.3 Å². The third kappa shape index (κ3) is 3.72. The van der Waals surface area contributed by atoms with Gasteiger partial charge in [0, 0.05) is 17.1 Å². The highest BCUT2D eigenvalue weighted by atomic mass is 35.5. The number of rotatable bonds is 3. The van der Waals surface area contributed by atoms with Crippen LogP contribution in [0.2, 0.25) is 0 Å². The Morgan fingerprint density at radius 1 is 1.43 bits per heavy atom. The number of para-hydroxylation sites is 1. The van der Waals surface area contributed by atoms with Gasteiger partial charge in [0.2, 0.25) is 5.91 Å². The van der Waals surface area contributed by atoms with Crippen molar-refractivity contribution in [2.45, 2.75) is 17.5 Å². The maximum absolute atomic E-state index is 12.6. The highest BCUT2D eigenvalue weighted by molar-refractivity contribution is 8.00. The molecule has 8 heteroatoms. The van der Waals surface area contributed by atoms with E-state index in [-0.39, 0.29) is 35.8 Å². The smallest absolute Gasteiger partial charge is 0.242 e. The summed E-state index contributed by atoms with van der Waals surface area (Å²) in [5, 5.41) is 12.5. The molecule has 0 bridgehead atoms. The monoisotopic (exact) mass is 371 g/mol. The maximum atomic E-state index is 12.6. The molecule has 0 aromatic heterocycles. The lowest BCUT2D eigenvalue weighted by Crippen LogP contribution is -2.47. The normalized spacial score (nSPS) is 26.4. The number of carbonyl (C=O) groups is 1. The Morgan fingerprint density at radius 2 is 2.22 bits per heavy atom. The Bertz CT molecular complexity index is 611. The molecule has 0 spiro atoms. The van der Waals surface area contributed by atoms with Crippen LogP contribution >= 0.6 is 35.9 Å². The fourth-order valence-electron chi connectivity index (χ4n) is 2.64. The lowest BCUT2D eigenvalue weighted by Gasteiger charge is -2.23. The molecule has 0 saturated carbocycles. The Hall–Kier alpha value is -1.07. The van der Waals surface area contributed by atoms with Crippen LogP contribution in [0.4, 0.5) is 0 Å². The molecule has 3 atom stereocenters. The second-order valence-corrected chi connectivity index (χ2v) is 7.27. The number of nitriles is 1. The summed E-state index contributed by atoms with van der Waals surface area (Å²) in [4.78, 5) is 14.3. The van der Waals surface area contributed by atoms with E-state index in [2.05, 4.69) is 11.4 Å². The van der Waals surface area contributed by atoms with Gasteiger partial charge < -0.3 is 9.64 Å². The van der Waals surface area contributed by atoms with E-state index in [4.69, 9.17) is 10.00 Å². The van der Waals surface area contributed by atoms with Gasteiger partial charge in [0.05, 0.1) is 30.5 Å². The van der Waals surface area contributed by atoms with E-state index >= 15 is 0 Å². The molecule has 2 aliphatic heterocycles. The van der Waals surface area contributed by atoms with Crippen molar-refractivity contribution >= 4 is 41.8 Å². The number of thioether (sulfide) groups is 2. The molecule has 2 heterocycles. The van der Waals surface area contributed by atoms with Crippen molar-refractivity contribution in [3.8, 4) is 11.8 Å². The molecular weight excluding hydrogens is 354 g/mol. The van der Waals surface area contributed by atoms with Crippen molar-refractivity contribution in [3.05, 3.63) is 29.8 Å². The molecule has 5 nitrogen and oxygen atoms in total. The molecule has 3 rings (SSSR count). The van der Waals surface area contributed by atoms with Crippen LogP contribution < -0.4 is 10.1 Å². The first-order valence-electron chi connectivity index (χ1n) is 7.03. The molecular formula is C15H18ClN3O2S2. The average molecular weight is 372 g/mol. The Morgan fingerprint density at radius 3 is 2.96 bits per heavy atom. The van der Waals surface area contributed by atoms with E-state index in [1.54, 1.807) is 35.5 Å². The van der Waals surface area contributed by atoms with Crippen molar-refractivity contribution < 1.29 is 9.53 Å². The third-order valence-electron chi connectivity index (χ3n) is 3.82. The zero-order chi connectivity index (χ0) is 15.5. The summed E-state index contributed by atoms with van der Waals surface area (Å²) in [5.41, 5.74) is 1.05. The number of hydrogen-bond donors (Lipinski definition) is 1. The van der Waals surface area contributed by atoms with Crippen molar-refractivity contribution in [2.75, 3.05) is 24.5 Å². The molecule has 1 N–H and O–H groups in total. The molecule has 2 fully saturated rings. The predicted molar refractivity (Wildman–Crippen MR) is 95.9 cm³/mol. The van der Waals surface area contributed by atoms with Gasteiger partial charge in [-0.3, -0.25) is 10.1 Å². The molecule has 1 unspecified atom stereocenters. The molecule has 2 saturated heterocycles. The van der Waals surface area contributed by atoms with Gasteiger partial charge in [-0.05, 0) is 6.07 Å². The number of nitrogens with zero attached hydrogens (tertiary/aromatic N) is 2. The summed E-state index contributed by atoms with van der Waals surface area (Å²) >= 11 is 3.33. The summed E-state index contributed by atoms with van der Waals surface area (Å²) in [6.07, 6.45) is 0. The van der Waals surface area contributed by atoms with Gasteiger partial charge in [-0.1, -0.05) is 18.2 Å². The number of nitrogens with one attached hydrogen (secondary N) is 1. The van der Waals surface area contributed by atoms with E-state index < -0.39 is 0 Å². The van der Waals surface area contributed by atoms with Crippen LogP contribution in [0.25, 0.3) is 0 Å². The highest BCUT2D eigenvalue weighted by Crippen LogP contribution is 2.38. The van der Waals surface area contributed by atoms with Crippen LogP contribution in [-0.2, 0) is 4.79 Å². The minimum atomic E-state index is -0.297. The van der Waals surface area contributed by atoms with Crippen molar-refractivity contribution in [1.82, 2.24) is 10.2 Å². The topological polar surface area (TPSA) is 65.4 Å². The van der Waals surface area contributed by atoms with Gasteiger partial charge in [0.15, 0.2) is 0 Å². The van der Waals surface area contributed by atoms with Crippen LogP contribution in [-0.4, -0.2) is 47.4 Å². The Kier molecular flexibility index (Phi) is 6.48. The second kappa shape index (κ2) is 8.15. The number of carbonyl (C=O) groups excluding carboxylic acids is 1. The molecule has 124 valence electrons. The molecule has 0 aliphatic carbocycles. The standard InChI is InChI=1S/C15H17N3O2S2.ClH/c1-20-13-5-3-2-4-11(13)14-17-12(8-22-14)15(19)18-9-21-7-10(18)6-16;/h2-5,10,12,14,17H,7-9H2,1H3;1H/t10-,12+,14?;/m1./s1. The summed E-state index contributed by atoms with van der Waals surface area (Å²) in [6.45, 7) is 0. The van der Waals surface area contributed by atoms with E-state index in [0.29, 0.717) is 17.4 Å². The summed E-state index contributed by atoms with van der Waals surface area (Å²) < 4.78 is 5.39. The zero-order valence-electron chi connectivity index (χ0n) is 12.6. The van der Waals surface area contributed by atoms with Crippen molar-refractivity contribution in [2.24, 2.45) is 0 Å². The first-order chi connectivity index (χ1) is 10.7. The van der Waals surface area contributed by atoms with Crippen LogP contribution in [0, 0.1) is 11.3 Å². The maximum Gasteiger partial charge on any atom is 0.242 e. The lowest BCUT2D eigenvalue weighted by atomic mass is 10.1. The highest BCUT2D eigenvalue weighted by Gasteiger charge is 2.38. The second-order valence-electron chi connectivity index (χ2n) is 5.13. The minimum Gasteiger partial charge on any atom is -0.496 e. The largest absolute Gasteiger partial charge is 0.496 e. The van der Waals surface area contributed by atoms with Crippen molar-refractivity contribution in [1.29, 1.82) is 5.26 Å². The first kappa shape index (κ1) is 18.3. The minimum absolute atomic E-state index is 0. The first-order valence-corrected chi connectivity index (χ1v) is 9.23. The average Bonchev–Trinajstić information content (AvgIpc) is 3.23. The summed E-state index contributed by atoms with van der Waals surface area (Å²) in [5.74, 6) is 2.88. The van der Waals surface area contributed by atoms with E-state index in [1.165, 1.54) is 0 Å². The molecule has 0 radical (unpaired) electrons. The molecule has 1 amide bonds. The van der Waals surface area contributed by atoms with Crippen molar-refractivity contribution in [3.63, 3.8) is 0 Å². The number of hydrogen-bond acceptors (Lipinski definition) is 6. The molecule has 23 heavy (non-hydrogen) atoms. The summed E-state index contributed by atoms with van der Waals surface area (Å²) in [7, 11) is 1.65. The summed E-state index contributed by atoms with van der Waals surface area (Å²) in [6, 6.07) is 9.52. The van der Waals surface area contributed by atoms with E-state index in [0.717, 1.165) is 11.3 Å².